The molecule has 3 N–H and O–H groups in total. The average molecular weight is 619 g/mol. The smallest absolute Gasteiger partial charge is 0.243 e. The van der Waals surface area contributed by atoms with Gasteiger partial charge in [-0.05, 0) is 72.7 Å². The molecule has 1 unspecified atom stereocenters. The van der Waals surface area contributed by atoms with Crippen LogP contribution in [0.4, 0.5) is 16.4 Å². The van der Waals surface area contributed by atoms with E-state index in [-0.39, 0.29) is 11.7 Å². The number of rotatable bonds is 9. The van der Waals surface area contributed by atoms with Crippen molar-refractivity contribution in [3.8, 4) is 17.2 Å². The third-order valence-corrected chi connectivity index (χ3v) is 8.81. The predicted molar refractivity (Wildman–Crippen MR) is 181 cm³/mol. The molecule has 1 atom stereocenters. The third kappa shape index (κ3) is 7.56. The van der Waals surface area contributed by atoms with Crippen molar-refractivity contribution >= 4 is 68.5 Å². The summed E-state index contributed by atoms with van der Waals surface area (Å²) in [6, 6.07) is 36.3. The van der Waals surface area contributed by atoms with E-state index in [4.69, 9.17) is 12.2 Å². The summed E-state index contributed by atoms with van der Waals surface area (Å²) in [5.41, 5.74) is 5.16. The molecule has 212 valence electrons. The number of carbonyl (C=O) groups excluding carboxylic acids is 2. The van der Waals surface area contributed by atoms with Crippen LogP contribution >= 0.6 is 35.3 Å². The predicted octanol–water partition coefficient (Wildman–Crippen LogP) is 8.77. The summed E-state index contributed by atoms with van der Waals surface area (Å²) < 4.78 is 0. The van der Waals surface area contributed by atoms with Gasteiger partial charge < -0.3 is 16.0 Å². The second-order valence-corrected chi connectivity index (χ2v) is 11.9. The molecular formula is C34H26N4O2S3. The van der Waals surface area contributed by atoms with Crippen LogP contribution < -0.4 is 16.0 Å². The summed E-state index contributed by atoms with van der Waals surface area (Å²) in [4.78, 5) is 26.2. The van der Waals surface area contributed by atoms with Gasteiger partial charge in [0.1, 0.15) is 16.3 Å². The third-order valence-electron chi connectivity index (χ3n) is 6.46. The molecule has 9 heteroatoms. The first-order chi connectivity index (χ1) is 20.9. The van der Waals surface area contributed by atoms with Gasteiger partial charge in [-0.1, -0.05) is 66.7 Å². The van der Waals surface area contributed by atoms with Gasteiger partial charge in [-0.15, -0.1) is 23.1 Å². The molecular weight excluding hydrogens is 593 g/mol. The molecule has 1 aromatic heterocycles. The molecule has 0 saturated heterocycles. The first-order valence-electron chi connectivity index (χ1n) is 13.3. The standard InChI is InChI=1S/C34H26N4O2S3/c1-22(39)23-15-17-26(18-16-23)36-34(41)37-27-13-8-14-28(19-27)43-31(25-11-6-3-7-12-25)32(40)38-33-29(20-35)30(21-42-33)24-9-4-2-5-10-24/h2-19,21,31H,1H3,(H,38,40)(H2,36,37,41). The topological polar surface area (TPSA) is 94.0 Å². The van der Waals surface area contributed by atoms with Crippen molar-refractivity contribution in [3.63, 3.8) is 0 Å². The summed E-state index contributed by atoms with van der Waals surface area (Å²) in [5.74, 6) is -0.222. The fourth-order valence-electron chi connectivity index (χ4n) is 4.33. The SMILES string of the molecule is CC(=O)c1ccc(NC(=S)Nc2cccc(SC(C(=O)Nc3scc(-c4ccccc4)c3C#N)c3ccccc3)c2)cc1. The summed E-state index contributed by atoms with van der Waals surface area (Å²) in [7, 11) is 0. The maximum absolute atomic E-state index is 13.8. The highest BCUT2D eigenvalue weighted by molar-refractivity contribution is 8.00. The van der Waals surface area contributed by atoms with Crippen molar-refractivity contribution in [1.29, 1.82) is 5.26 Å². The molecule has 1 heterocycles. The molecule has 43 heavy (non-hydrogen) atoms. The van der Waals surface area contributed by atoms with Crippen LogP contribution in [0.5, 0.6) is 0 Å². The number of hydrogen-bond acceptors (Lipinski definition) is 6. The van der Waals surface area contributed by atoms with Gasteiger partial charge in [0.05, 0.1) is 5.56 Å². The van der Waals surface area contributed by atoms with E-state index in [1.54, 1.807) is 24.3 Å². The molecule has 0 spiro atoms. The second-order valence-electron chi connectivity index (χ2n) is 9.47. The first kappa shape index (κ1) is 29.7. The van der Waals surface area contributed by atoms with Crippen LogP contribution in [0.25, 0.3) is 11.1 Å². The number of benzene rings is 4. The zero-order valence-electron chi connectivity index (χ0n) is 23.0. The lowest BCUT2D eigenvalue weighted by atomic mass is 10.1. The van der Waals surface area contributed by atoms with Crippen LogP contribution in [0.2, 0.25) is 0 Å². The van der Waals surface area contributed by atoms with Crippen molar-refractivity contribution in [2.24, 2.45) is 0 Å². The van der Waals surface area contributed by atoms with Crippen LogP contribution in [-0.4, -0.2) is 16.8 Å². The van der Waals surface area contributed by atoms with Gasteiger partial charge in [-0.25, -0.2) is 0 Å². The van der Waals surface area contributed by atoms with Crippen molar-refractivity contribution in [2.45, 2.75) is 17.1 Å². The Hall–Kier alpha value is -4.75. The summed E-state index contributed by atoms with van der Waals surface area (Å²) >= 11 is 8.25. The van der Waals surface area contributed by atoms with Gasteiger partial charge in [0.2, 0.25) is 5.91 Å². The largest absolute Gasteiger partial charge is 0.332 e. The molecule has 6 nitrogen and oxygen atoms in total. The highest BCUT2D eigenvalue weighted by atomic mass is 32.2. The summed E-state index contributed by atoms with van der Waals surface area (Å²) in [6.07, 6.45) is 0. The molecule has 0 aliphatic carbocycles. The van der Waals surface area contributed by atoms with Crippen molar-refractivity contribution < 1.29 is 9.59 Å². The van der Waals surface area contributed by atoms with E-state index in [1.165, 1.54) is 30.0 Å². The van der Waals surface area contributed by atoms with E-state index in [9.17, 15) is 14.9 Å². The Morgan fingerprint density at radius 1 is 0.837 bits per heavy atom. The summed E-state index contributed by atoms with van der Waals surface area (Å²) in [5, 5.41) is 21.5. The van der Waals surface area contributed by atoms with Gasteiger partial charge in [0.25, 0.3) is 0 Å². The lowest BCUT2D eigenvalue weighted by molar-refractivity contribution is -0.115. The van der Waals surface area contributed by atoms with Gasteiger partial charge in [-0.2, -0.15) is 5.26 Å². The quantitative estimate of drug-likeness (QED) is 0.0864. The number of carbonyl (C=O) groups is 2. The van der Waals surface area contributed by atoms with E-state index in [2.05, 4.69) is 22.0 Å². The maximum Gasteiger partial charge on any atom is 0.243 e. The summed E-state index contributed by atoms with van der Waals surface area (Å²) in [6.45, 7) is 1.53. The highest BCUT2D eigenvalue weighted by Crippen LogP contribution is 2.40. The van der Waals surface area contributed by atoms with Gasteiger partial charge >= 0.3 is 0 Å². The van der Waals surface area contributed by atoms with E-state index >= 15 is 0 Å². The van der Waals surface area contributed by atoms with Gasteiger partial charge in [0, 0.05) is 32.8 Å². The number of thiocarbonyl (C=S) groups is 1. The van der Waals surface area contributed by atoms with Crippen LogP contribution in [0.1, 0.15) is 33.7 Å². The van der Waals surface area contributed by atoms with Crippen molar-refractivity contribution in [2.75, 3.05) is 16.0 Å². The Morgan fingerprint density at radius 3 is 2.19 bits per heavy atom. The van der Waals surface area contributed by atoms with E-state index in [0.717, 1.165) is 33.0 Å². The zero-order valence-corrected chi connectivity index (χ0v) is 25.5. The fraction of sp³-hybridized carbons (Fsp3) is 0.0588. The number of nitrogens with zero attached hydrogens (tertiary/aromatic N) is 1. The van der Waals surface area contributed by atoms with Gasteiger partial charge in [0.15, 0.2) is 10.9 Å². The number of amides is 1. The number of ketones is 1. The number of thioether (sulfide) groups is 1. The fourth-order valence-corrected chi connectivity index (χ4v) is 6.58. The first-order valence-corrected chi connectivity index (χ1v) is 15.5. The Bertz CT molecular complexity index is 1800. The van der Waals surface area contributed by atoms with E-state index in [1.807, 2.05) is 90.3 Å². The maximum atomic E-state index is 13.8. The minimum absolute atomic E-state index is 0.00174. The van der Waals surface area contributed by atoms with Gasteiger partial charge in [-0.3, -0.25) is 9.59 Å². The number of nitrogens with one attached hydrogen (secondary N) is 3. The molecule has 4 aromatic carbocycles. The van der Waals surface area contributed by atoms with Crippen molar-refractivity contribution in [3.05, 3.63) is 131 Å². The Morgan fingerprint density at radius 2 is 1.51 bits per heavy atom. The van der Waals surface area contributed by atoms with Crippen LogP contribution in [0.15, 0.2) is 119 Å². The minimum atomic E-state index is -0.574. The molecule has 1 amide bonds. The number of hydrogen-bond donors (Lipinski definition) is 3. The molecule has 0 fully saturated rings. The second kappa shape index (κ2) is 13.9. The van der Waals surface area contributed by atoms with Crippen LogP contribution in [0, 0.1) is 11.3 Å². The van der Waals surface area contributed by atoms with Crippen LogP contribution in [-0.2, 0) is 4.79 Å². The molecule has 0 bridgehead atoms. The Kier molecular flexibility index (Phi) is 9.64. The average Bonchev–Trinajstić information content (AvgIpc) is 3.43. The molecule has 0 aliphatic heterocycles. The molecule has 5 rings (SSSR count). The number of Topliss-reactive ketones (excluding diaryl/α,β-unsaturated/α-hetero) is 1. The molecule has 0 radical (unpaired) electrons. The molecule has 0 aliphatic rings. The van der Waals surface area contributed by atoms with E-state index < -0.39 is 5.25 Å². The van der Waals surface area contributed by atoms with Crippen molar-refractivity contribution in [1.82, 2.24) is 0 Å². The minimum Gasteiger partial charge on any atom is -0.332 e. The molecule has 5 aromatic rings. The highest BCUT2D eigenvalue weighted by Gasteiger charge is 2.25. The number of thiophene rings is 1. The normalized spacial score (nSPS) is 11.2. The monoisotopic (exact) mass is 618 g/mol. The lowest BCUT2D eigenvalue weighted by Gasteiger charge is -2.18. The van der Waals surface area contributed by atoms with Crippen LogP contribution in [0.3, 0.4) is 0 Å². The lowest BCUT2D eigenvalue weighted by Crippen LogP contribution is -2.19. The zero-order chi connectivity index (χ0) is 30.2. The Labute approximate surface area is 263 Å². The van der Waals surface area contributed by atoms with E-state index in [0.29, 0.717) is 21.2 Å². The number of nitriles is 1. The molecule has 0 saturated carbocycles. The number of anilines is 3. The Balaban J connectivity index is 1.32.